The molecule has 9 heteroatoms. The minimum Gasteiger partial charge on any atom is -0.461 e. The summed E-state index contributed by atoms with van der Waals surface area (Å²) in [6.07, 6.45) is 5.22. The molecule has 2 aromatic carbocycles. The second-order valence-electron chi connectivity index (χ2n) is 7.50. The van der Waals surface area contributed by atoms with Gasteiger partial charge in [0.2, 0.25) is 11.7 Å². The topological polar surface area (TPSA) is 90.8 Å². The second-order valence-corrected chi connectivity index (χ2v) is 8.44. The van der Waals surface area contributed by atoms with Gasteiger partial charge in [0.05, 0.1) is 24.2 Å². The molecule has 0 saturated heterocycles. The highest BCUT2D eigenvalue weighted by Gasteiger charge is 2.18. The summed E-state index contributed by atoms with van der Waals surface area (Å²) in [7, 11) is 0. The first-order valence-corrected chi connectivity index (χ1v) is 11.7. The molecule has 0 saturated carbocycles. The van der Waals surface area contributed by atoms with E-state index in [1.165, 1.54) is 11.8 Å². The van der Waals surface area contributed by atoms with Crippen LogP contribution in [0, 0.1) is 0 Å². The molecule has 0 radical (unpaired) electrons. The fraction of sp³-hybridized carbons (Fsp3) is 0.120. The molecular weight excluding hydrogens is 448 g/mol. The Kier molecular flexibility index (Phi) is 6.53. The van der Waals surface area contributed by atoms with E-state index in [1.807, 2.05) is 83.6 Å². The number of thioether (sulfide) groups is 1. The van der Waals surface area contributed by atoms with E-state index >= 15 is 0 Å². The molecule has 0 aliphatic carbocycles. The number of carbonyl (C=O) groups excluding carboxylic acids is 1. The van der Waals surface area contributed by atoms with Gasteiger partial charge in [-0.25, -0.2) is 4.68 Å². The van der Waals surface area contributed by atoms with E-state index in [1.54, 1.807) is 17.1 Å². The molecule has 0 unspecified atom stereocenters. The molecule has 1 amide bonds. The second kappa shape index (κ2) is 10.2. The summed E-state index contributed by atoms with van der Waals surface area (Å²) in [5.41, 5.74) is 3.03. The number of benzene rings is 2. The van der Waals surface area contributed by atoms with Crippen LogP contribution in [-0.2, 0) is 17.9 Å². The van der Waals surface area contributed by atoms with Crippen LogP contribution in [-0.4, -0.2) is 36.2 Å². The maximum Gasteiger partial charge on any atom is 0.230 e. The van der Waals surface area contributed by atoms with E-state index in [9.17, 15) is 4.79 Å². The van der Waals surface area contributed by atoms with Crippen molar-refractivity contribution in [3.63, 3.8) is 0 Å². The third kappa shape index (κ3) is 4.94. The lowest BCUT2D eigenvalue weighted by Gasteiger charge is -2.11. The lowest BCUT2D eigenvalue weighted by atomic mass is 10.2. The minimum atomic E-state index is -0.0888. The molecular formula is C25H22N6O2S. The SMILES string of the molecule is O=C(CSc1nnc(-c2ccco2)n1Cc1ccccc1)NCc1ccccc1-n1cccn1. The van der Waals surface area contributed by atoms with Gasteiger partial charge >= 0.3 is 0 Å². The monoisotopic (exact) mass is 470 g/mol. The Morgan fingerprint density at radius 2 is 1.82 bits per heavy atom. The molecule has 0 spiro atoms. The van der Waals surface area contributed by atoms with E-state index in [0.29, 0.717) is 29.8 Å². The number of aromatic nitrogens is 5. The molecule has 0 bridgehead atoms. The smallest absolute Gasteiger partial charge is 0.230 e. The lowest BCUT2D eigenvalue weighted by Crippen LogP contribution is -2.25. The van der Waals surface area contributed by atoms with Gasteiger partial charge in [0, 0.05) is 18.9 Å². The molecule has 8 nitrogen and oxygen atoms in total. The summed E-state index contributed by atoms with van der Waals surface area (Å²) in [6.45, 7) is 0.981. The van der Waals surface area contributed by atoms with Crippen molar-refractivity contribution in [3.8, 4) is 17.3 Å². The van der Waals surface area contributed by atoms with Crippen molar-refractivity contribution in [2.24, 2.45) is 0 Å². The van der Waals surface area contributed by atoms with Crippen molar-refractivity contribution in [2.75, 3.05) is 5.75 Å². The van der Waals surface area contributed by atoms with Crippen LogP contribution in [0.15, 0.2) is 101 Å². The van der Waals surface area contributed by atoms with Crippen LogP contribution >= 0.6 is 11.8 Å². The number of hydrogen-bond acceptors (Lipinski definition) is 6. The first-order chi connectivity index (χ1) is 16.8. The van der Waals surface area contributed by atoms with Crippen LogP contribution in [0.1, 0.15) is 11.1 Å². The molecule has 3 aromatic heterocycles. The van der Waals surface area contributed by atoms with Crippen LogP contribution < -0.4 is 5.32 Å². The van der Waals surface area contributed by atoms with Gasteiger partial charge in [0.25, 0.3) is 0 Å². The highest BCUT2D eigenvalue weighted by molar-refractivity contribution is 7.99. The van der Waals surface area contributed by atoms with Crippen molar-refractivity contribution < 1.29 is 9.21 Å². The average Bonchev–Trinajstić information content (AvgIpc) is 3.65. The molecule has 3 heterocycles. The van der Waals surface area contributed by atoms with Gasteiger partial charge in [-0.3, -0.25) is 9.36 Å². The average molecular weight is 471 g/mol. The molecule has 0 atom stereocenters. The lowest BCUT2D eigenvalue weighted by molar-refractivity contribution is -0.118. The maximum atomic E-state index is 12.7. The van der Waals surface area contributed by atoms with E-state index in [-0.39, 0.29) is 11.7 Å². The number of hydrogen-bond donors (Lipinski definition) is 1. The summed E-state index contributed by atoms with van der Waals surface area (Å²) in [6, 6.07) is 23.5. The van der Waals surface area contributed by atoms with Crippen molar-refractivity contribution in [1.29, 1.82) is 0 Å². The standard InChI is InChI=1S/C25H22N6O2S/c32-23(26-16-20-10-4-5-11-21(20)31-14-7-13-27-31)18-34-25-29-28-24(22-12-6-15-33-22)30(25)17-19-8-2-1-3-9-19/h1-15H,16-18H2,(H,26,32). The number of amides is 1. The molecule has 5 rings (SSSR count). The molecule has 5 aromatic rings. The Balaban J connectivity index is 1.27. The molecule has 0 fully saturated rings. The van der Waals surface area contributed by atoms with Crippen LogP contribution in [0.4, 0.5) is 0 Å². The van der Waals surface area contributed by atoms with Crippen LogP contribution in [0.3, 0.4) is 0 Å². The minimum absolute atomic E-state index is 0.0888. The molecule has 34 heavy (non-hydrogen) atoms. The molecule has 170 valence electrons. The van der Waals surface area contributed by atoms with Gasteiger partial charge in [-0.15, -0.1) is 10.2 Å². The number of nitrogens with one attached hydrogen (secondary N) is 1. The van der Waals surface area contributed by atoms with E-state index in [0.717, 1.165) is 16.8 Å². The third-order valence-corrected chi connectivity index (χ3v) is 6.16. The molecule has 1 N–H and O–H groups in total. The zero-order valence-electron chi connectivity index (χ0n) is 18.2. The number of nitrogens with zero attached hydrogens (tertiary/aromatic N) is 5. The molecule has 0 aliphatic rings. The van der Waals surface area contributed by atoms with Crippen molar-refractivity contribution in [1.82, 2.24) is 29.9 Å². The third-order valence-electron chi connectivity index (χ3n) is 5.19. The Morgan fingerprint density at radius 1 is 0.971 bits per heavy atom. The van der Waals surface area contributed by atoms with Crippen LogP contribution in [0.2, 0.25) is 0 Å². The highest BCUT2D eigenvalue weighted by atomic mass is 32.2. The van der Waals surface area contributed by atoms with Gasteiger partial charge < -0.3 is 9.73 Å². The summed E-state index contributed by atoms with van der Waals surface area (Å²) >= 11 is 1.35. The first-order valence-electron chi connectivity index (χ1n) is 10.8. The van der Waals surface area contributed by atoms with E-state index < -0.39 is 0 Å². The van der Waals surface area contributed by atoms with Crippen LogP contribution in [0.25, 0.3) is 17.3 Å². The Labute approximate surface area is 200 Å². The Hall–Kier alpha value is -4.11. The highest BCUT2D eigenvalue weighted by Crippen LogP contribution is 2.25. The normalized spacial score (nSPS) is 10.9. The number of furan rings is 1. The zero-order valence-corrected chi connectivity index (χ0v) is 19.1. The van der Waals surface area contributed by atoms with Gasteiger partial charge in [-0.1, -0.05) is 60.3 Å². The van der Waals surface area contributed by atoms with Gasteiger partial charge in [0.15, 0.2) is 10.9 Å². The maximum absolute atomic E-state index is 12.7. The van der Waals surface area contributed by atoms with Gasteiger partial charge in [-0.2, -0.15) is 5.10 Å². The van der Waals surface area contributed by atoms with Gasteiger partial charge in [0.1, 0.15) is 0 Å². The largest absolute Gasteiger partial charge is 0.461 e. The fourth-order valence-corrected chi connectivity index (χ4v) is 4.33. The van der Waals surface area contributed by atoms with Crippen LogP contribution in [0.5, 0.6) is 0 Å². The number of rotatable bonds is 9. The van der Waals surface area contributed by atoms with Crippen molar-refractivity contribution in [3.05, 3.63) is 103 Å². The summed E-state index contributed by atoms with van der Waals surface area (Å²) in [5, 5.41) is 16.6. The summed E-state index contributed by atoms with van der Waals surface area (Å²) in [4.78, 5) is 12.7. The van der Waals surface area contributed by atoms with Crippen molar-refractivity contribution in [2.45, 2.75) is 18.2 Å². The quantitative estimate of drug-likeness (QED) is 0.325. The fourth-order valence-electron chi connectivity index (χ4n) is 3.56. The van der Waals surface area contributed by atoms with E-state index in [4.69, 9.17) is 4.42 Å². The summed E-state index contributed by atoms with van der Waals surface area (Å²) in [5.74, 6) is 1.39. The number of carbonyl (C=O) groups is 1. The first kappa shape index (κ1) is 21.7. The molecule has 0 aliphatic heterocycles. The Bertz CT molecular complexity index is 1350. The number of para-hydroxylation sites is 1. The predicted molar refractivity (Wildman–Crippen MR) is 129 cm³/mol. The van der Waals surface area contributed by atoms with Gasteiger partial charge in [-0.05, 0) is 35.4 Å². The zero-order chi connectivity index (χ0) is 23.2. The van der Waals surface area contributed by atoms with E-state index in [2.05, 4.69) is 20.6 Å². The van der Waals surface area contributed by atoms with Crippen molar-refractivity contribution >= 4 is 17.7 Å². The Morgan fingerprint density at radius 3 is 2.62 bits per heavy atom. The predicted octanol–water partition coefficient (Wildman–Crippen LogP) is 4.18. The summed E-state index contributed by atoms with van der Waals surface area (Å²) < 4.78 is 9.31.